The standard InChI is InChI=1S/C8H12N2OS/c11-6-9-8(12)10-7-4-2-1-3-5-7/h7H,1-5H2,(H,10,12). The summed E-state index contributed by atoms with van der Waals surface area (Å²) < 4.78 is 0. The summed E-state index contributed by atoms with van der Waals surface area (Å²) in [4.78, 5) is 13.2. The Hall–Kier alpha value is -0.730. The van der Waals surface area contributed by atoms with E-state index in [4.69, 9.17) is 12.2 Å². The molecule has 3 nitrogen and oxygen atoms in total. The second kappa shape index (κ2) is 5.01. The Kier molecular flexibility index (Phi) is 3.91. The number of isocyanates is 1. The molecule has 12 heavy (non-hydrogen) atoms. The van der Waals surface area contributed by atoms with Crippen molar-refractivity contribution in [3.8, 4) is 0 Å². The van der Waals surface area contributed by atoms with Gasteiger partial charge >= 0.3 is 0 Å². The number of carbonyl (C=O) groups excluding carboxylic acids is 1. The molecule has 0 unspecified atom stereocenters. The van der Waals surface area contributed by atoms with Crippen molar-refractivity contribution in [3.05, 3.63) is 0 Å². The number of nitrogens with one attached hydrogen (secondary N) is 1. The first-order valence-corrected chi connectivity index (χ1v) is 4.62. The van der Waals surface area contributed by atoms with Crippen molar-refractivity contribution in [3.63, 3.8) is 0 Å². The second-order valence-corrected chi connectivity index (χ2v) is 3.37. The van der Waals surface area contributed by atoms with Crippen LogP contribution in [0.1, 0.15) is 32.1 Å². The average molecular weight is 184 g/mol. The van der Waals surface area contributed by atoms with Gasteiger partial charge in [0, 0.05) is 6.04 Å². The maximum Gasteiger partial charge on any atom is 0.242 e. The van der Waals surface area contributed by atoms with Crippen LogP contribution in [0.3, 0.4) is 0 Å². The molecule has 0 bridgehead atoms. The van der Waals surface area contributed by atoms with Gasteiger partial charge in [0.2, 0.25) is 11.2 Å². The molecule has 1 N–H and O–H groups in total. The van der Waals surface area contributed by atoms with Crippen molar-refractivity contribution in [2.75, 3.05) is 0 Å². The van der Waals surface area contributed by atoms with E-state index in [0.717, 1.165) is 12.8 Å². The molecule has 1 rings (SSSR count). The van der Waals surface area contributed by atoms with E-state index in [9.17, 15) is 4.79 Å². The Balaban J connectivity index is 2.29. The lowest BCUT2D eigenvalue weighted by Crippen LogP contribution is -2.34. The highest BCUT2D eigenvalue weighted by molar-refractivity contribution is 7.80. The predicted octanol–water partition coefficient (Wildman–Crippen LogP) is 1.53. The smallest absolute Gasteiger partial charge is 0.242 e. The van der Waals surface area contributed by atoms with Gasteiger partial charge in [0.15, 0.2) is 0 Å². The predicted molar refractivity (Wildman–Crippen MR) is 50.7 cm³/mol. The van der Waals surface area contributed by atoms with Crippen molar-refractivity contribution in [2.24, 2.45) is 4.99 Å². The maximum atomic E-state index is 9.84. The van der Waals surface area contributed by atoms with Crippen LogP contribution in [0, 0.1) is 0 Å². The van der Waals surface area contributed by atoms with Gasteiger partial charge in [-0.15, -0.1) is 4.99 Å². The fraction of sp³-hybridized carbons (Fsp3) is 0.750. The summed E-state index contributed by atoms with van der Waals surface area (Å²) >= 11 is 4.79. The molecular formula is C8H12N2OS. The molecule has 0 aromatic heterocycles. The Labute approximate surface area is 77.3 Å². The third-order valence-corrected chi connectivity index (χ3v) is 2.29. The van der Waals surface area contributed by atoms with E-state index < -0.39 is 0 Å². The molecular weight excluding hydrogens is 172 g/mol. The van der Waals surface area contributed by atoms with Crippen LogP contribution in [0.4, 0.5) is 0 Å². The van der Waals surface area contributed by atoms with Crippen LogP contribution in [-0.2, 0) is 4.79 Å². The Morgan fingerprint density at radius 1 is 1.42 bits per heavy atom. The molecule has 1 fully saturated rings. The molecule has 1 saturated carbocycles. The van der Waals surface area contributed by atoms with E-state index in [0.29, 0.717) is 6.04 Å². The number of thiocarbonyl (C=S) groups is 1. The van der Waals surface area contributed by atoms with Crippen molar-refractivity contribution in [2.45, 2.75) is 38.1 Å². The lowest BCUT2D eigenvalue weighted by molar-refractivity contribution is 0.414. The monoisotopic (exact) mass is 184 g/mol. The van der Waals surface area contributed by atoms with Gasteiger partial charge in [-0.1, -0.05) is 19.3 Å². The number of hydrogen-bond donors (Lipinski definition) is 1. The fourth-order valence-corrected chi connectivity index (χ4v) is 1.70. The van der Waals surface area contributed by atoms with Crippen LogP contribution in [0.25, 0.3) is 0 Å². The highest BCUT2D eigenvalue weighted by Gasteiger charge is 2.13. The first kappa shape index (κ1) is 9.36. The van der Waals surface area contributed by atoms with Crippen LogP contribution in [0.2, 0.25) is 0 Å². The molecule has 0 amide bonds. The van der Waals surface area contributed by atoms with Gasteiger partial charge in [0.25, 0.3) is 0 Å². The summed E-state index contributed by atoms with van der Waals surface area (Å²) in [6.07, 6.45) is 7.48. The topological polar surface area (TPSA) is 41.5 Å². The molecule has 0 aromatic carbocycles. The molecule has 66 valence electrons. The Bertz CT molecular complexity index is 205. The highest BCUT2D eigenvalue weighted by atomic mass is 32.1. The van der Waals surface area contributed by atoms with Crippen LogP contribution < -0.4 is 5.32 Å². The molecule has 0 atom stereocenters. The second-order valence-electron chi connectivity index (χ2n) is 2.99. The van der Waals surface area contributed by atoms with Crippen LogP contribution >= 0.6 is 12.2 Å². The lowest BCUT2D eigenvalue weighted by atomic mass is 9.96. The molecule has 4 heteroatoms. The summed E-state index contributed by atoms with van der Waals surface area (Å²) in [5, 5.41) is 3.30. The van der Waals surface area contributed by atoms with Crippen molar-refractivity contribution in [1.29, 1.82) is 0 Å². The Morgan fingerprint density at radius 3 is 2.67 bits per heavy atom. The van der Waals surface area contributed by atoms with E-state index in [1.165, 1.54) is 25.3 Å². The zero-order valence-corrected chi connectivity index (χ0v) is 7.69. The zero-order valence-electron chi connectivity index (χ0n) is 6.88. The largest absolute Gasteiger partial charge is 0.358 e. The summed E-state index contributed by atoms with van der Waals surface area (Å²) in [6.45, 7) is 0. The van der Waals surface area contributed by atoms with Gasteiger partial charge in [-0.3, -0.25) is 0 Å². The van der Waals surface area contributed by atoms with E-state index in [1.807, 2.05) is 0 Å². The van der Waals surface area contributed by atoms with Gasteiger partial charge in [0.1, 0.15) is 0 Å². The zero-order chi connectivity index (χ0) is 8.81. The van der Waals surface area contributed by atoms with Gasteiger partial charge in [-0.25, -0.2) is 4.79 Å². The van der Waals surface area contributed by atoms with Crippen LogP contribution in [0.15, 0.2) is 4.99 Å². The number of aliphatic imine (C=N–C) groups is 1. The SMILES string of the molecule is O=C=NC(=S)NC1CCCCC1. The first-order chi connectivity index (χ1) is 5.83. The molecule has 1 aliphatic carbocycles. The average Bonchev–Trinajstić information content (AvgIpc) is 2.06. The Morgan fingerprint density at radius 2 is 2.08 bits per heavy atom. The van der Waals surface area contributed by atoms with Gasteiger partial charge in [0.05, 0.1) is 0 Å². The molecule has 0 radical (unpaired) electrons. The normalized spacial score (nSPS) is 18.0. The molecule has 0 heterocycles. The molecule has 0 spiro atoms. The lowest BCUT2D eigenvalue weighted by Gasteiger charge is -2.22. The van der Waals surface area contributed by atoms with E-state index in [-0.39, 0.29) is 5.11 Å². The third-order valence-electron chi connectivity index (χ3n) is 2.08. The first-order valence-electron chi connectivity index (χ1n) is 4.21. The van der Waals surface area contributed by atoms with Crippen molar-refractivity contribution in [1.82, 2.24) is 5.32 Å². The fourth-order valence-electron chi connectivity index (χ4n) is 1.50. The number of nitrogens with zero attached hydrogens (tertiary/aromatic N) is 1. The minimum Gasteiger partial charge on any atom is -0.358 e. The summed E-state index contributed by atoms with van der Waals surface area (Å²) in [5.41, 5.74) is 0. The minimum atomic E-state index is 0.275. The number of rotatable bonds is 1. The number of hydrogen-bond acceptors (Lipinski definition) is 2. The quantitative estimate of drug-likeness (QED) is 0.382. The van der Waals surface area contributed by atoms with E-state index >= 15 is 0 Å². The summed E-state index contributed by atoms with van der Waals surface area (Å²) in [7, 11) is 0. The van der Waals surface area contributed by atoms with Gasteiger partial charge in [-0.05, 0) is 25.1 Å². The third kappa shape index (κ3) is 3.11. The highest BCUT2D eigenvalue weighted by Crippen LogP contribution is 2.17. The van der Waals surface area contributed by atoms with Crippen molar-refractivity contribution < 1.29 is 4.79 Å². The molecule has 0 saturated heterocycles. The molecule has 0 aromatic rings. The molecule has 1 aliphatic rings. The summed E-state index contributed by atoms with van der Waals surface area (Å²) in [5.74, 6) is 0. The van der Waals surface area contributed by atoms with E-state index in [1.54, 1.807) is 0 Å². The maximum absolute atomic E-state index is 9.84. The molecule has 0 aliphatic heterocycles. The van der Waals surface area contributed by atoms with Crippen LogP contribution in [-0.4, -0.2) is 17.2 Å². The minimum absolute atomic E-state index is 0.275. The van der Waals surface area contributed by atoms with Crippen LogP contribution in [0.5, 0.6) is 0 Å². The van der Waals surface area contributed by atoms with Crippen molar-refractivity contribution >= 4 is 23.4 Å². The summed E-state index contributed by atoms with van der Waals surface area (Å²) in [6, 6.07) is 0.420. The van der Waals surface area contributed by atoms with Gasteiger partial charge < -0.3 is 5.32 Å². The van der Waals surface area contributed by atoms with Gasteiger partial charge in [-0.2, -0.15) is 0 Å². The van der Waals surface area contributed by atoms with E-state index in [2.05, 4.69) is 10.3 Å².